The fourth-order valence-corrected chi connectivity index (χ4v) is 74.4. The van der Waals surface area contributed by atoms with Crippen molar-refractivity contribution in [3.63, 3.8) is 0 Å². The van der Waals surface area contributed by atoms with Crippen molar-refractivity contribution in [3.05, 3.63) is 30.3 Å². The molecule has 0 fully saturated rings. The average Bonchev–Trinajstić information content (AvgIpc) is 2.47. The van der Waals surface area contributed by atoms with Gasteiger partial charge in [-0.1, -0.05) is 200 Å². The molecule has 0 aliphatic heterocycles. The van der Waals surface area contributed by atoms with Crippen LogP contribution in [0.1, 0.15) is 125 Å². The molecular weight excluding hydrogens is 445 g/mol. The average molecular weight is 504 g/mol. The third kappa shape index (κ3) is 4.69. The Morgan fingerprint density at radius 1 is 0.394 bits per heavy atom. The van der Waals surface area contributed by atoms with Gasteiger partial charge in [-0.15, -0.1) is 0 Å². The fraction of sp³-hybridized carbons (Fsp3) is 0.800. The highest BCUT2D eigenvalue weighted by molar-refractivity contribution is 7.68. The SMILES string of the molecule is CC(C)(C)[Si]([Si-](c1ccccc1)[Si](C(C)(C)C)(C(C)(C)C)C(C)(C)C)(C(C)(C)C)C(C)(C)C. The zero-order chi connectivity index (χ0) is 26.7. The van der Waals surface area contributed by atoms with Crippen LogP contribution in [0.4, 0.5) is 0 Å². The Kier molecular flexibility index (Phi) is 8.21. The van der Waals surface area contributed by atoms with Crippen molar-refractivity contribution in [2.45, 2.75) is 155 Å². The van der Waals surface area contributed by atoms with Crippen LogP contribution in [0.5, 0.6) is 0 Å². The van der Waals surface area contributed by atoms with E-state index in [4.69, 9.17) is 0 Å². The van der Waals surface area contributed by atoms with E-state index in [1.165, 1.54) is 0 Å². The van der Waals surface area contributed by atoms with Crippen LogP contribution in [0.15, 0.2) is 30.3 Å². The third-order valence-electron chi connectivity index (χ3n) is 8.56. The second-order valence-electron chi connectivity index (χ2n) is 16.7. The van der Waals surface area contributed by atoms with E-state index in [1.807, 2.05) is 0 Å². The highest BCUT2D eigenvalue weighted by atomic mass is 29.6. The Balaban J connectivity index is 4.71. The standard InChI is InChI=1S/C30H59Si3/c1-25(2,3)32(26(4,5)6,27(7,8)9)31(24-22-20-19-21-23-24)33(28(10,11)12,29(13,14)15)30(16,17)18/h19-23H,1-18H3/q-1. The molecule has 0 N–H and O–H groups in total. The lowest BCUT2D eigenvalue weighted by molar-refractivity contribution is 0.543. The maximum absolute atomic E-state index is 2.62. The first-order chi connectivity index (χ1) is 14.2. The molecule has 0 aromatic heterocycles. The number of hydrogen-bond donors (Lipinski definition) is 0. The van der Waals surface area contributed by atoms with Crippen LogP contribution in [-0.4, -0.2) is 23.0 Å². The van der Waals surface area contributed by atoms with E-state index in [-0.39, 0.29) is 30.2 Å². The summed E-state index contributed by atoms with van der Waals surface area (Å²) in [6.07, 6.45) is 0. The first kappa shape index (κ1) is 30.9. The Morgan fingerprint density at radius 2 is 0.606 bits per heavy atom. The van der Waals surface area contributed by atoms with Crippen molar-refractivity contribution >= 4 is 28.2 Å². The van der Waals surface area contributed by atoms with Crippen molar-refractivity contribution < 1.29 is 0 Å². The Morgan fingerprint density at radius 3 is 0.788 bits per heavy atom. The second kappa shape index (κ2) is 8.76. The van der Waals surface area contributed by atoms with Crippen LogP contribution < -0.4 is 5.19 Å². The zero-order valence-electron chi connectivity index (χ0n) is 25.9. The summed E-state index contributed by atoms with van der Waals surface area (Å²) in [4.78, 5) is 0. The van der Waals surface area contributed by atoms with Crippen LogP contribution in [0, 0.1) is 0 Å². The monoisotopic (exact) mass is 503 g/mol. The van der Waals surface area contributed by atoms with Crippen molar-refractivity contribution in [2.75, 3.05) is 0 Å². The maximum atomic E-state index is 2.62. The molecule has 0 heterocycles. The van der Waals surface area contributed by atoms with E-state index >= 15 is 0 Å². The number of rotatable bonds is 3. The first-order valence-electron chi connectivity index (χ1n) is 13.2. The van der Waals surface area contributed by atoms with Gasteiger partial charge in [0.1, 0.15) is 0 Å². The molecule has 192 valence electrons. The third-order valence-corrected chi connectivity index (χ3v) is 51.0. The van der Waals surface area contributed by atoms with Gasteiger partial charge in [-0.05, 0) is 0 Å². The molecule has 0 bridgehead atoms. The topological polar surface area (TPSA) is 0 Å². The van der Waals surface area contributed by atoms with E-state index in [1.54, 1.807) is 5.19 Å². The molecule has 0 aliphatic rings. The van der Waals surface area contributed by atoms with Crippen molar-refractivity contribution in [1.29, 1.82) is 0 Å². The molecule has 1 aromatic rings. The molecule has 0 saturated carbocycles. The molecule has 0 aliphatic carbocycles. The molecule has 1 rings (SSSR count). The first-order valence-corrected chi connectivity index (χ1v) is 20.7. The molecule has 0 radical (unpaired) electrons. The Hall–Kier alpha value is -0.129. The van der Waals surface area contributed by atoms with Gasteiger partial charge >= 0.3 is 0 Å². The summed E-state index contributed by atoms with van der Waals surface area (Å²) >= 11 is 0. The minimum Gasteiger partial charge on any atom is -0.276 e. The van der Waals surface area contributed by atoms with Crippen LogP contribution in [0.3, 0.4) is 0 Å². The smallest absolute Gasteiger partial charge is 0.0606 e. The molecule has 0 saturated heterocycles. The lowest BCUT2D eigenvalue weighted by atomic mass is 10.2. The normalized spacial score (nSPS) is 15.6. The van der Waals surface area contributed by atoms with Gasteiger partial charge < -0.3 is 0 Å². The summed E-state index contributed by atoms with van der Waals surface area (Å²) in [6, 6.07) is 12.0. The minimum absolute atomic E-state index is 0.285. The molecule has 3 heteroatoms. The lowest BCUT2D eigenvalue weighted by Gasteiger charge is -2.82. The van der Waals surface area contributed by atoms with Crippen molar-refractivity contribution in [2.24, 2.45) is 0 Å². The summed E-state index contributed by atoms with van der Waals surface area (Å²) in [7, 11) is -5.13. The molecule has 0 unspecified atom stereocenters. The molecular formula is C30H59Si3-. The predicted octanol–water partition coefficient (Wildman–Crippen LogP) is 10.2. The van der Waals surface area contributed by atoms with Gasteiger partial charge in [-0.2, -0.15) is 0 Å². The Labute approximate surface area is 213 Å². The molecule has 0 amide bonds. The van der Waals surface area contributed by atoms with Crippen molar-refractivity contribution in [1.82, 2.24) is 0 Å². The van der Waals surface area contributed by atoms with Gasteiger partial charge in [-0.3, -0.25) is 7.83 Å². The Bertz CT molecular complexity index is 657. The van der Waals surface area contributed by atoms with Gasteiger partial charge in [-0.25, -0.2) is 5.19 Å². The summed E-state index contributed by atoms with van der Waals surface area (Å²) < 4.78 is 0. The van der Waals surface area contributed by atoms with Gasteiger partial charge in [0, 0.05) is 0 Å². The van der Waals surface area contributed by atoms with Crippen LogP contribution in [0.25, 0.3) is 0 Å². The van der Waals surface area contributed by atoms with Gasteiger partial charge in [0.15, 0.2) is 0 Å². The fourth-order valence-electron chi connectivity index (χ4n) is 10.3. The minimum atomic E-state index is -2.07. The summed E-state index contributed by atoms with van der Waals surface area (Å²) in [6.45, 7) is 47.2. The summed E-state index contributed by atoms with van der Waals surface area (Å²) in [5.41, 5.74) is 0. The van der Waals surface area contributed by atoms with E-state index in [9.17, 15) is 0 Å². The maximum Gasteiger partial charge on any atom is -0.0606 e. The van der Waals surface area contributed by atoms with Gasteiger partial charge in [0.2, 0.25) is 0 Å². The van der Waals surface area contributed by atoms with Gasteiger partial charge in [0.05, 0.1) is 0 Å². The highest BCUT2D eigenvalue weighted by Gasteiger charge is 2.65. The van der Waals surface area contributed by atoms with Crippen molar-refractivity contribution in [3.8, 4) is 0 Å². The number of benzene rings is 1. The quantitative estimate of drug-likeness (QED) is 0.360. The van der Waals surface area contributed by atoms with E-state index in [0.29, 0.717) is 0 Å². The van der Waals surface area contributed by atoms with Crippen LogP contribution in [0.2, 0.25) is 30.2 Å². The summed E-state index contributed by atoms with van der Waals surface area (Å²) in [5.74, 6) is 0. The largest absolute Gasteiger partial charge is 0.276 e. The lowest BCUT2D eigenvalue weighted by Crippen LogP contribution is -2.86. The zero-order valence-corrected chi connectivity index (χ0v) is 28.9. The molecule has 0 atom stereocenters. The second-order valence-corrected chi connectivity index (χ2v) is 39.1. The molecule has 1 aromatic carbocycles. The predicted molar refractivity (Wildman–Crippen MR) is 162 cm³/mol. The van der Waals surface area contributed by atoms with E-state index < -0.39 is 23.0 Å². The molecule has 0 spiro atoms. The summed E-state index contributed by atoms with van der Waals surface area (Å²) in [5, 5.41) is 3.43. The number of hydrogen-bond acceptors (Lipinski definition) is 0. The highest BCUT2D eigenvalue weighted by Crippen LogP contribution is 2.71. The van der Waals surface area contributed by atoms with Gasteiger partial charge in [0.25, 0.3) is 0 Å². The molecule has 33 heavy (non-hydrogen) atoms. The van der Waals surface area contributed by atoms with Crippen LogP contribution >= 0.6 is 0 Å². The van der Waals surface area contributed by atoms with E-state index in [2.05, 4.69) is 155 Å². The van der Waals surface area contributed by atoms with E-state index in [0.717, 1.165) is 0 Å². The van der Waals surface area contributed by atoms with Crippen LogP contribution in [-0.2, 0) is 0 Å². The molecule has 0 nitrogen and oxygen atoms in total.